The molecule has 0 unspecified atom stereocenters. The van der Waals surface area contributed by atoms with E-state index in [0.717, 1.165) is 21.9 Å². The molecule has 0 saturated carbocycles. The van der Waals surface area contributed by atoms with Crippen molar-refractivity contribution in [3.05, 3.63) is 71.8 Å². The van der Waals surface area contributed by atoms with Gasteiger partial charge in [-0.1, -0.05) is 42.5 Å². The molecule has 3 aromatic rings. The Bertz CT molecular complexity index is 961. The smallest absolute Gasteiger partial charge is 0.244 e. The van der Waals surface area contributed by atoms with Crippen LogP contribution in [0.5, 0.6) is 11.5 Å². The maximum absolute atomic E-state index is 12.2. The third-order valence-corrected chi connectivity index (χ3v) is 4.12. The van der Waals surface area contributed by atoms with Gasteiger partial charge >= 0.3 is 0 Å². The molecular weight excluding hydrogens is 340 g/mol. The molecule has 0 aromatic heterocycles. The van der Waals surface area contributed by atoms with E-state index in [0.29, 0.717) is 18.1 Å². The lowest BCUT2D eigenvalue weighted by molar-refractivity contribution is -0.120. The molecule has 27 heavy (non-hydrogen) atoms. The van der Waals surface area contributed by atoms with E-state index in [4.69, 9.17) is 9.47 Å². The number of carbonyl (C=O) groups is 1. The maximum atomic E-state index is 12.2. The molecule has 1 amide bonds. The topological polar surface area (TPSA) is 59.9 Å². The van der Waals surface area contributed by atoms with Gasteiger partial charge in [-0.3, -0.25) is 4.79 Å². The van der Waals surface area contributed by atoms with Crippen molar-refractivity contribution in [1.29, 1.82) is 0 Å². The Kier molecular flexibility index (Phi) is 6.05. The van der Waals surface area contributed by atoms with Crippen molar-refractivity contribution in [3.8, 4) is 11.5 Å². The zero-order valence-corrected chi connectivity index (χ0v) is 15.4. The van der Waals surface area contributed by atoms with E-state index in [9.17, 15) is 4.79 Å². The van der Waals surface area contributed by atoms with Gasteiger partial charge in [0, 0.05) is 0 Å². The van der Waals surface area contributed by atoms with Crippen molar-refractivity contribution >= 4 is 22.9 Å². The van der Waals surface area contributed by atoms with Crippen molar-refractivity contribution < 1.29 is 14.3 Å². The highest BCUT2D eigenvalue weighted by Gasteiger charge is 2.07. The highest BCUT2D eigenvalue weighted by Crippen LogP contribution is 2.27. The Balaban J connectivity index is 1.65. The lowest BCUT2D eigenvalue weighted by Gasteiger charge is -2.09. The van der Waals surface area contributed by atoms with E-state index in [1.165, 1.54) is 0 Å². The van der Waals surface area contributed by atoms with E-state index in [1.807, 2.05) is 67.6 Å². The standard InChI is InChI=1S/C22H22N2O3/c1-3-27-20-12-11-16(13-21(20)26-2)15-23-24-22(25)14-18-9-6-8-17-7-4-5-10-19(17)18/h4-13,15H,3,14H2,1-2H3,(H,24,25)/b23-15+. The van der Waals surface area contributed by atoms with Crippen molar-refractivity contribution in [2.75, 3.05) is 13.7 Å². The minimum Gasteiger partial charge on any atom is -0.493 e. The molecule has 5 heteroatoms. The van der Waals surface area contributed by atoms with Crippen LogP contribution in [0.1, 0.15) is 18.1 Å². The van der Waals surface area contributed by atoms with Gasteiger partial charge < -0.3 is 9.47 Å². The molecule has 0 atom stereocenters. The van der Waals surface area contributed by atoms with Gasteiger partial charge in [-0.2, -0.15) is 5.10 Å². The number of hydrazone groups is 1. The minimum atomic E-state index is -0.166. The lowest BCUT2D eigenvalue weighted by atomic mass is 10.0. The molecule has 3 aromatic carbocycles. The summed E-state index contributed by atoms with van der Waals surface area (Å²) in [6.45, 7) is 2.48. The minimum absolute atomic E-state index is 0.166. The van der Waals surface area contributed by atoms with Crippen LogP contribution in [0, 0.1) is 0 Å². The number of carbonyl (C=O) groups excluding carboxylic acids is 1. The summed E-state index contributed by atoms with van der Waals surface area (Å²) in [6.07, 6.45) is 1.85. The molecule has 0 aliphatic heterocycles. The number of hydrogen-bond donors (Lipinski definition) is 1. The molecule has 0 fully saturated rings. The number of ether oxygens (including phenoxy) is 2. The van der Waals surface area contributed by atoms with Crippen molar-refractivity contribution in [2.45, 2.75) is 13.3 Å². The van der Waals surface area contributed by atoms with Crippen LogP contribution in [0.3, 0.4) is 0 Å². The molecule has 1 N–H and O–H groups in total. The highest BCUT2D eigenvalue weighted by molar-refractivity contribution is 5.90. The van der Waals surface area contributed by atoms with E-state index >= 15 is 0 Å². The first-order valence-corrected chi connectivity index (χ1v) is 8.80. The summed E-state index contributed by atoms with van der Waals surface area (Å²) >= 11 is 0. The molecule has 0 spiro atoms. The van der Waals surface area contributed by atoms with E-state index < -0.39 is 0 Å². The fourth-order valence-electron chi connectivity index (χ4n) is 2.88. The van der Waals surface area contributed by atoms with Crippen LogP contribution in [0.2, 0.25) is 0 Å². The first-order chi connectivity index (χ1) is 13.2. The third kappa shape index (κ3) is 4.64. The number of fused-ring (bicyclic) bond motifs is 1. The van der Waals surface area contributed by atoms with Gasteiger partial charge in [0.25, 0.3) is 0 Å². The number of benzene rings is 3. The van der Waals surface area contributed by atoms with E-state index in [1.54, 1.807) is 13.3 Å². The van der Waals surface area contributed by atoms with Gasteiger partial charge in [0.15, 0.2) is 11.5 Å². The molecule has 3 rings (SSSR count). The second-order valence-corrected chi connectivity index (χ2v) is 5.95. The lowest BCUT2D eigenvalue weighted by Crippen LogP contribution is -2.19. The Morgan fingerprint density at radius 2 is 1.89 bits per heavy atom. The van der Waals surface area contributed by atoms with Gasteiger partial charge in [0.05, 0.1) is 26.4 Å². The first-order valence-electron chi connectivity index (χ1n) is 8.80. The third-order valence-electron chi connectivity index (χ3n) is 4.12. The van der Waals surface area contributed by atoms with Crippen LogP contribution in [0.4, 0.5) is 0 Å². The monoisotopic (exact) mass is 362 g/mol. The molecule has 0 radical (unpaired) electrons. The van der Waals surface area contributed by atoms with Gasteiger partial charge in [0.1, 0.15) is 0 Å². The average Bonchev–Trinajstić information content (AvgIpc) is 2.69. The van der Waals surface area contributed by atoms with Crippen LogP contribution >= 0.6 is 0 Å². The van der Waals surface area contributed by atoms with Gasteiger partial charge in [0.2, 0.25) is 5.91 Å². The predicted octanol–water partition coefficient (Wildman–Crippen LogP) is 3.94. The quantitative estimate of drug-likeness (QED) is 0.512. The highest BCUT2D eigenvalue weighted by atomic mass is 16.5. The van der Waals surface area contributed by atoms with E-state index in [-0.39, 0.29) is 12.3 Å². The van der Waals surface area contributed by atoms with Gasteiger partial charge in [-0.15, -0.1) is 0 Å². The molecule has 0 saturated heterocycles. The number of amides is 1. The fraction of sp³-hybridized carbons (Fsp3) is 0.182. The summed E-state index contributed by atoms with van der Waals surface area (Å²) in [4.78, 5) is 12.2. The molecular formula is C22H22N2O3. The normalized spacial score (nSPS) is 10.9. The second kappa shape index (κ2) is 8.85. The summed E-state index contributed by atoms with van der Waals surface area (Å²) in [5.41, 5.74) is 4.36. The van der Waals surface area contributed by atoms with Crippen molar-refractivity contribution in [1.82, 2.24) is 5.43 Å². The number of nitrogens with one attached hydrogen (secondary N) is 1. The SMILES string of the molecule is CCOc1ccc(/C=N/NC(=O)Cc2cccc3ccccc23)cc1OC. The average molecular weight is 362 g/mol. The number of nitrogens with zero attached hydrogens (tertiary/aromatic N) is 1. The summed E-state index contributed by atoms with van der Waals surface area (Å²) in [5, 5.41) is 6.25. The van der Waals surface area contributed by atoms with Crippen LogP contribution in [0.15, 0.2) is 65.8 Å². The fourth-order valence-corrected chi connectivity index (χ4v) is 2.88. The molecule has 138 valence electrons. The van der Waals surface area contributed by atoms with Crippen molar-refractivity contribution in [3.63, 3.8) is 0 Å². The summed E-state index contributed by atoms with van der Waals surface area (Å²) in [5.74, 6) is 1.14. The number of methoxy groups -OCH3 is 1. The Morgan fingerprint density at radius 3 is 2.70 bits per heavy atom. The molecule has 0 aliphatic rings. The largest absolute Gasteiger partial charge is 0.493 e. The second-order valence-electron chi connectivity index (χ2n) is 5.95. The van der Waals surface area contributed by atoms with Crippen LogP contribution in [-0.4, -0.2) is 25.8 Å². The molecule has 0 aliphatic carbocycles. The van der Waals surface area contributed by atoms with Gasteiger partial charge in [-0.05, 0) is 47.0 Å². The van der Waals surface area contributed by atoms with Gasteiger partial charge in [-0.25, -0.2) is 5.43 Å². The summed E-state index contributed by atoms with van der Waals surface area (Å²) < 4.78 is 10.8. The van der Waals surface area contributed by atoms with E-state index in [2.05, 4.69) is 10.5 Å². The number of hydrogen-bond acceptors (Lipinski definition) is 4. The van der Waals surface area contributed by atoms with Crippen LogP contribution < -0.4 is 14.9 Å². The maximum Gasteiger partial charge on any atom is 0.244 e. The first kappa shape index (κ1) is 18.5. The predicted molar refractivity (Wildman–Crippen MR) is 108 cm³/mol. The van der Waals surface area contributed by atoms with Crippen molar-refractivity contribution in [2.24, 2.45) is 5.10 Å². The molecule has 0 bridgehead atoms. The zero-order chi connectivity index (χ0) is 19.1. The Morgan fingerprint density at radius 1 is 1.07 bits per heavy atom. The molecule has 0 heterocycles. The Hall–Kier alpha value is -3.34. The Labute approximate surface area is 158 Å². The zero-order valence-electron chi connectivity index (χ0n) is 15.4. The van der Waals surface area contributed by atoms with Crippen LogP contribution in [-0.2, 0) is 11.2 Å². The number of rotatable bonds is 7. The van der Waals surface area contributed by atoms with Crippen LogP contribution in [0.25, 0.3) is 10.8 Å². The summed E-state index contributed by atoms with van der Waals surface area (Å²) in [7, 11) is 1.59. The molecule has 5 nitrogen and oxygen atoms in total. The summed E-state index contributed by atoms with van der Waals surface area (Å²) in [6, 6.07) is 19.5.